The zero-order valence-electron chi connectivity index (χ0n) is 13.1. The van der Waals surface area contributed by atoms with E-state index in [0.29, 0.717) is 18.1 Å². The fourth-order valence-corrected chi connectivity index (χ4v) is 2.25. The highest BCUT2D eigenvalue weighted by atomic mass is 19.1. The third-order valence-electron chi connectivity index (χ3n) is 3.46. The van der Waals surface area contributed by atoms with Crippen LogP contribution >= 0.6 is 0 Å². The number of amides is 1. The molecule has 1 N–H and O–H groups in total. The fraction of sp³-hybridized carbons (Fsp3) is 0.167. The summed E-state index contributed by atoms with van der Waals surface area (Å²) in [4.78, 5) is 16.2. The molecular weight excluding hydrogens is 309 g/mol. The summed E-state index contributed by atoms with van der Waals surface area (Å²) in [6.07, 6.45) is 0.420. The molecule has 0 radical (unpaired) electrons. The smallest absolute Gasteiger partial charge is 0.227 e. The van der Waals surface area contributed by atoms with Crippen molar-refractivity contribution in [2.45, 2.75) is 19.8 Å². The Morgan fingerprint density at radius 2 is 2.04 bits per heavy atom. The van der Waals surface area contributed by atoms with E-state index in [-0.39, 0.29) is 18.0 Å². The molecule has 122 valence electrons. The van der Waals surface area contributed by atoms with Gasteiger partial charge in [-0.15, -0.1) is 0 Å². The van der Waals surface area contributed by atoms with Gasteiger partial charge in [0.2, 0.25) is 17.6 Å². The van der Waals surface area contributed by atoms with Gasteiger partial charge in [0, 0.05) is 18.4 Å². The van der Waals surface area contributed by atoms with E-state index in [1.54, 1.807) is 12.1 Å². The molecule has 0 fully saturated rings. The number of para-hydroxylation sites is 1. The lowest BCUT2D eigenvalue weighted by atomic mass is 10.1. The van der Waals surface area contributed by atoms with Crippen LogP contribution in [-0.4, -0.2) is 16.0 Å². The van der Waals surface area contributed by atoms with Crippen molar-refractivity contribution in [3.05, 3.63) is 65.8 Å². The van der Waals surface area contributed by atoms with E-state index in [4.69, 9.17) is 4.52 Å². The van der Waals surface area contributed by atoms with E-state index in [9.17, 15) is 9.18 Å². The number of nitrogens with one attached hydrogen (secondary N) is 1. The molecule has 0 spiro atoms. The number of hydrogen-bond donors (Lipinski definition) is 1. The molecule has 0 unspecified atom stereocenters. The Morgan fingerprint density at radius 1 is 1.21 bits per heavy atom. The molecule has 0 aliphatic rings. The number of aryl methyl sites for hydroxylation is 2. The largest absolute Gasteiger partial charge is 0.339 e. The molecule has 0 saturated heterocycles. The summed E-state index contributed by atoms with van der Waals surface area (Å²) in [6.45, 7) is 1.98. The molecule has 0 aliphatic carbocycles. The lowest BCUT2D eigenvalue weighted by molar-refractivity contribution is -0.116. The van der Waals surface area contributed by atoms with Crippen LogP contribution in [0.25, 0.3) is 11.4 Å². The normalized spacial score (nSPS) is 10.6. The summed E-state index contributed by atoms with van der Waals surface area (Å²) in [5, 5.41) is 6.45. The number of rotatable bonds is 5. The van der Waals surface area contributed by atoms with E-state index in [1.165, 1.54) is 12.1 Å². The summed E-state index contributed by atoms with van der Waals surface area (Å²) in [5.41, 5.74) is 2.12. The van der Waals surface area contributed by atoms with Crippen molar-refractivity contribution in [3.8, 4) is 11.4 Å². The molecule has 3 rings (SSSR count). The number of nitrogens with zero attached hydrogens (tertiary/aromatic N) is 2. The van der Waals surface area contributed by atoms with Crippen LogP contribution in [0.5, 0.6) is 0 Å². The molecule has 0 aliphatic heterocycles. The number of anilines is 1. The van der Waals surface area contributed by atoms with E-state index < -0.39 is 5.82 Å². The molecular formula is C18H16FN3O2. The quantitative estimate of drug-likeness (QED) is 0.775. The van der Waals surface area contributed by atoms with Crippen molar-refractivity contribution in [1.29, 1.82) is 0 Å². The van der Waals surface area contributed by atoms with E-state index in [1.807, 2.05) is 31.2 Å². The van der Waals surface area contributed by atoms with Gasteiger partial charge >= 0.3 is 0 Å². The summed E-state index contributed by atoms with van der Waals surface area (Å²) >= 11 is 0. The molecule has 0 atom stereocenters. The summed E-state index contributed by atoms with van der Waals surface area (Å²) in [6, 6.07) is 13.8. The maximum atomic E-state index is 13.5. The lowest BCUT2D eigenvalue weighted by Crippen LogP contribution is -2.13. The van der Waals surface area contributed by atoms with Crippen LogP contribution in [0.2, 0.25) is 0 Å². The van der Waals surface area contributed by atoms with Gasteiger partial charge in [-0.2, -0.15) is 4.98 Å². The topological polar surface area (TPSA) is 68.0 Å². The highest BCUT2D eigenvalue weighted by Gasteiger charge is 2.12. The predicted molar refractivity (Wildman–Crippen MR) is 87.8 cm³/mol. The minimum Gasteiger partial charge on any atom is -0.339 e. The van der Waals surface area contributed by atoms with Gasteiger partial charge in [0.05, 0.1) is 5.69 Å². The summed E-state index contributed by atoms with van der Waals surface area (Å²) in [7, 11) is 0. The first kappa shape index (κ1) is 15.9. The van der Waals surface area contributed by atoms with Gasteiger partial charge in [-0.3, -0.25) is 4.79 Å². The Balaban J connectivity index is 1.59. The fourth-order valence-electron chi connectivity index (χ4n) is 2.25. The Labute approximate surface area is 138 Å². The average Bonchev–Trinajstić information content (AvgIpc) is 3.04. The molecule has 24 heavy (non-hydrogen) atoms. The SMILES string of the molecule is Cc1cccc(-c2noc(CCC(=O)Nc3ccccc3F)n2)c1. The van der Waals surface area contributed by atoms with Crippen molar-refractivity contribution in [3.63, 3.8) is 0 Å². The maximum Gasteiger partial charge on any atom is 0.227 e. The van der Waals surface area contributed by atoms with Crippen LogP contribution in [0, 0.1) is 12.7 Å². The zero-order valence-corrected chi connectivity index (χ0v) is 13.1. The van der Waals surface area contributed by atoms with Crippen LogP contribution in [0.4, 0.5) is 10.1 Å². The molecule has 6 heteroatoms. The van der Waals surface area contributed by atoms with Crippen molar-refractivity contribution in [2.24, 2.45) is 0 Å². The van der Waals surface area contributed by atoms with Gasteiger partial charge in [0.25, 0.3) is 0 Å². The van der Waals surface area contributed by atoms with Gasteiger partial charge in [0.15, 0.2) is 0 Å². The minimum absolute atomic E-state index is 0.129. The molecule has 5 nitrogen and oxygen atoms in total. The first-order valence-electron chi connectivity index (χ1n) is 7.56. The van der Waals surface area contributed by atoms with E-state index >= 15 is 0 Å². The van der Waals surface area contributed by atoms with Crippen molar-refractivity contribution in [2.75, 3.05) is 5.32 Å². The third kappa shape index (κ3) is 3.84. The monoisotopic (exact) mass is 325 g/mol. The van der Waals surface area contributed by atoms with Crippen molar-refractivity contribution in [1.82, 2.24) is 10.1 Å². The molecule has 0 saturated carbocycles. The van der Waals surface area contributed by atoms with Gasteiger partial charge in [-0.1, -0.05) is 41.1 Å². The Bertz CT molecular complexity index is 861. The molecule has 1 heterocycles. The summed E-state index contributed by atoms with van der Waals surface area (Å²) in [5.74, 6) is 0.0826. The number of benzene rings is 2. The van der Waals surface area contributed by atoms with Crippen LogP contribution in [-0.2, 0) is 11.2 Å². The molecule has 1 aromatic heterocycles. The second kappa shape index (κ2) is 7.04. The average molecular weight is 325 g/mol. The van der Waals surface area contributed by atoms with Gasteiger partial charge < -0.3 is 9.84 Å². The van der Waals surface area contributed by atoms with Crippen LogP contribution in [0.15, 0.2) is 53.1 Å². The Kier molecular flexibility index (Phi) is 4.65. The van der Waals surface area contributed by atoms with Gasteiger partial charge in [0.1, 0.15) is 5.82 Å². The second-order valence-corrected chi connectivity index (χ2v) is 5.41. The number of carbonyl (C=O) groups excluding carboxylic acids is 1. The van der Waals surface area contributed by atoms with Crippen LogP contribution in [0.1, 0.15) is 17.9 Å². The first-order valence-corrected chi connectivity index (χ1v) is 7.56. The lowest BCUT2D eigenvalue weighted by Gasteiger charge is -2.04. The Morgan fingerprint density at radius 3 is 2.83 bits per heavy atom. The van der Waals surface area contributed by atoms with Gasteiger partial charge in [-0.25, -0.2) is 4.39 Å². The summed E-state index contributed by atoms with van der Waals surface area (Å²) < 4.78 is 18.6. The van der Waals surface area contributed by atoms with Gasteiger partial charge in [-0.05, 0) is 25.1 Å². The number of carbonyl (C=O) groups is 1. The predicted octanol–water partition coefficient (Wildman–Crippen LogP) is 3.76. The van der Waals surface area contributed by atoms with Crippen LogP contribution < -0.4 is 5.32 Å². The second-order valence-electron chi connectivity index (χ2n) is 5.41. The molecule has 2 aromatic carbocycles. The zero-order chi connectivity index (χ0) is 16.9. The highest BCUT2D eigenvalue weighted by Crippen LogP contribution is 2.18. The van der Waals surface area contributed by atoms with Crippen molar-refractivity contribution < 1.29 is 13.7 Å². The molecule has 3 aromatic rings. The standard InChI is InChI=1S/C18H16FN3O2/c1-12-5-4-6-13(11-12)18-21-17(24-22-18)10-9-16(23)20-15-8-3-2-7-14(15)19/h2-8,11H,9-10H2,1H3,(H,20,23). The van der Waals surface area contributed by atoms with Crippen molar-refractivity contribution >= 4 is 11.6 Å². The minimum atomic E-state index is -0.467. The molecule has 0 bridgehead atoms. The number of hydrogen-bond acceptors (Lipinski definition) is 4. The maximum absolute atomic E-state index is 13.5. The van der Waals surface area contributed by atoms with E-state index in [0.717, 1.165) is 11.1 Å². The number of aromatic nitrogens is 2. The van der Waals surface area contributed by atoms with E-state index in [2.05, 4.69) is 15.5 Å². The Hall–Kier alpha value is -3.02. The third-order valence-corrected chi connectivity index (χ3v) is 3.46. The highest BCUT2D eigenvalue weighted by molar-refractivity contribution is 5.90. The first-order chi connectivity index (χ1) is 11.6. The molecule has 1 amide bonds. The number of halogens is 1. The van der Waals surface area contributed by atoms with Crippen LogP contribution in [0.3, 0.4) is 0 Å².